The summed E-state index contributed by atoms with van der Waals surface area (Å²) in [5.41, 5.74) is 0.967. The molecular weight excluding hydrogens is 540 g/mol. The predicted octanol–water partition coefficient (Wildman–Crippen LogP) is 1.98. The van der Waals surface area contributed by atoms with E-state index >= 15 is 0 Å². The molecule has 2 aliphatic heterocycles. The smallest absolute Gasteiger partial charge is 0.288 e. The highest BCUT2D eigenvalue weighted by atomic mass is 32.2. The number of hydrogen-bond donors (Lipinski definition) is 1. The Hall–Kier alpha value is -3.16. The van der Waals surface area contributed by atoms with Crippen LogP contribution in [0.15, 0.2) is 65.3 Å². The molecule has 1 amide bonds. The van der Waals surface area contributed by atoms with Gasteiger partial charge in [0, 0.05) is 38.5 Å². The molecule has 1 fully saturated rings. The van der Waals surface area contributed by atoms with Gasteiger partial charge in [0.05, 0.1) is 45.5 Å². The summed E-state index contributed by atoms with van der Waals surface area (Å²) in [5.74, 6) is 1.05. The molecule has 2 atom stereocenters. The van der Waals surface area contributed by atoms with Crippen LogP contribution < -0.4 is 9.47 Å². The molecule has 11 nitrogen and oxygen atoms in total. The zero-order valence-corrected chi connectivity index (χ0v) is 23.5. The number of carbonyl (C=O) groups is 1. The van der Waals surface area contributed by atoms with Crippen LogP contribution in [-0.4, -0.2) is 102 Å². The van der Waals surface area contributed by atoms with E-state index in [1.165, 1.54) is 19.2 Å². The van der Waals surface area contributed by atoms with E-state index in [9.17, 15) is 18.3 Å². The SMILES string of the molecule is COc1ccc([C@H]2C=C(C(=O)N3CCOCC3)O[C@@H](OCCN(CCO)S(=O)(=O)c3ccc(OC)cc3)C2)cc1. The van der Waals surface area contributed by atoms with Gasteiger partial charge < -0.3 is 33.7 Å². The van der Waals surface area contributed by atoms with E-state index in [1.54, 1.807) is 24.1 Å². The summed E-state index contributed by atoms with van der Waals surface area (Å²) in [4.78, 5) is 15.0. The fraction of sp³-hybridized carbons (Fsp3) is 0.464. The molecule has 0 aromatic heterocycles. The summed E-state index contributed by atoms with van der Waals surface area (Å²) < 4.78 is 55.3. The van der Waals surface area contributed by atoms with Crippen LogP contribution in [0, 0.1) is 0 Å². The zero-order chi connectivity index (χ0) is 28.5. The second kappa shape index (κ2) is 14.0. The molecule has 1 N–H and O–H groups in total. The van der Waals surface area contributed by atoms with Gasteiger partial charge in [-0.1, -0.05) is 12.1 Å². The van der Waals surface area contributed by atoms with Gasteiger partial charge in [0.25, 0.3) is 5.91 Å². The number of allylic oxidation sites excluding steroid dienone is 1. The summed E-state index contributed by atoms with van der Waals surface area (Å²) in [5, 5.41) is 9.54. The van der Waals surface area contributed by atoms with Crippen LogP contribution in [0.2, 0.25) is 0 Å². The number of rotatable bonds is 12. The van der Waals surface area contributed by atoms with Gasteiger partial charge >= 0.3 is 0 Å². The van der Waals surface area contributed by atoms with E-state index in [2.05, 4.69) is 0 Å². The number of aliphatic hydroxyl groups is 1. The molecule has 40 heavy (non-hydrogen) atoms. The maximum Gasteiger partial charge on any atom is 0.288 e. The molecule has 2 heterocycles. The first kappa shape index (κ1) is 29.8. The number of morpholine rings is 1. The van der Waals surface area contributed by atoms with Crippen molar-refractivity contribution in [2.75, 3.05) is 66.8 Å². The van der Waals surface area contributed by atoms with E-state index in [-0.39, 0.29) is 48.8 Å². The molecule has 0 radical (unpaired) electrons. The molecule has 1 saturated heterocycles. The first-order valence-electron chi connectivity index (χ1n) is 13.1. The highest BCUT2D eigenvalue weighted by Crippen LogP contribution is 2.33. The van der Waals surface area contributed by atoms with Crippen LogP contribution in [-0.2, 0) is 29.0 Å². The van der Waals surface area contributed by atoms with Gasteiger partial charge in [-0.05, 0) is 48.0 Å². The van der Waals surface area contributed by atoms with Gasteiger partial charge in [0.15, 0.2) is 5.76 Å². The second-order valence-electron chi connectivity index (χ2n) is 9.27. The Bertz CT molecular complexity index is 1240. The fourth-order valence-electron chi connectivity index (χ4n) is 4.56. The number of carbonyl (C=O) groups excluding carboxylic acids is 1. The van der Waals surface area contributed by atoms with Crippen molar-refractivity contribution in [3.05, 3.63) is 65.9 Å². The number of amides is 1. The third kappa shape index (κ3) is 7.32. The molecule has 12 heteroatoms. The maximum absolute atomic E-state index is 13.3. The number of ether oxygens (including phenoxy) is 5. The van der Waals surface area contributed by atoms with Crippen molar-refractivity contribution in [3.8, 4) is 11.5 Å². The number of hydrogen-bond acceptors (Lipinski definition) is 9. The number of sulfonamides is 1. The Labute approximate surface area is 234 Å². The topological polar surface area (TPSA) is 124 Å². The van der Waals surface area contributed by atoms with Gasteiger partial charge in [-0.3, -0.25) is 4.79 Å². The van der Waals surface area contributed by atoms with Crippen molar-refractivity contribution in [3.63, 3.8) is 0 Å². The molecule has 0 unspecified atom stereocenters. The first-order chi connectivity index (χ1) is 19.3. The Kier molecular flexibility index (Phi) is 10.4. The summed E-state index contributed by atoms with van der Waals surface area (Å²) >= 11 is 0. The Morgan fingerprint density at radius 1 is 1.00 bits per heavy atom. The van der Waals surface area contributed by atoms with E-state index in [0.717, 1.165) is 15.6 Å². The number of nitrogens with zero attached hydrogens (tertiary/aromatic N) is 2. The third-order valence-electron chi connectivity index (χ3n) is 6.80. The van der Waals surface area contributed by atoms with Crippen molar-refractivity contribution < 1.29 is 42.0 Å². The first-order valence-corrected chi connectivity index (χ1v) is 14.6. The molecule has 0 bridgehead atoms. The normalized spacial score (nSPS) is 19.6. The predicted molar refractivity (Wildman–Crippen MR) is 145 cm³/mol. The van der Waals surface area contributed by atoms with Crippen LogP contribution in [0.25, 0.3) is 0 Å². The molecule has 0 saturated carbocycles. The lowest BCUT2D eigenvalue weighted by Gasteiger charge is -2.33. The largest absolute Gasteiger partial charge is 0.497 e. The monoisotopic (exact) mass is 576 g/mol. The van der Waals surface area contributed by atoms with Crippen molar-refractivity contribution >= 4 is 15.9 Å². The van der Waals surface area contributed by atoms with Crippen LogP contribution in [0.5, 0.6) is 11.5 Å². The number of aliphatic hydroxyl groups excluding tert-OH is 1. The molecule has 0 aliphatic carbocycles. The van der Waals surface area contributed by atoms with Gasteiger partial charge in [-0.15, -0.1) is 0 Å². The highest BCUT2D eigenvalue weighted by Gasteiger charge is 2.32. The molecule has 4 rings (SSSR count). The third-order valence-corrected chi connectivity index (χ3v) is 8.71. The zero-order valence-electron chi connectivity index (χ0n) is 22.7. The van der Waals surface area contributed by atoms with E-state index in [1.807, 2.05) is 30.3 Å². The summed E-state index contributed by atoms with van der Waals surface area (Å²) in [6, 6.07) is 13.6. The summed E-state index contributed by atoms with van der Waals surface area (Å²) in [7, 11) is -0.790. The Morgan fingerprint density at radius 2 is 1.62 bits per heavy atom. The molecule has 0 spiro atoms. The van der Waals surface area contributed by atoms with Crippen molar-refractivity contribution in [2.24, 2.45) is 0 Å². The van der Waals surface area contributed by atoms with Crippen molar-refractivity contribution in [1.29, 1.82) is 0 Å². The highest BCUT2D eigenvalue weighted by molar-refractivity contribution is 7.89. The van der Waals surface area contributed by atoms with Gasteiger partial charge in [-0.25, -0.2) is 8.42 Å². The van der Waals surface area contributed by atoms with Gasteiger partial charge in [-0.2, -0.15) is 4.31 Å². The van der Waals surface area contributed by atoms with E-state index < -0.39 is 16.3 Å². The minimum atomic E-state index is -3.89. The van der Waals surface area contributed by atoms with Crippen LogP contribution in [0.3, 0.4) is 0 Å². The maximum atomic E-state index is 13.3. The number of methoxy groups -OCH3 is 2. The van der Waals surface area contributed by atoms with Crippen molar-refractivity contribution in [1.82, 2.24) is 9.21 Å². The lowest BCUT2D eigenvalue weighted by molar-refractivity contribution is -0.155. The summed E-state index contributed by atoms with van der Waals surface area (Å²) in [6.07, 6.45) is 1.46. The average molecular weight is 577 g/mol. The second-order valence-corrected chi connectivity index (χ2v) is 11.2. The quantitative estimate of drug-likeness (QED) is 0.404. The average Bonchev–Trinajstić information content (AvgIpc) is 3.00. The Balaban J connectivity index is 1.46. The lowest BCUT2D eigenvalue weighted by atomic mass is 9.92. The number of benzene rings is 2. The molecule has 2 aromatic rings. The molecule has 2 aliphatic rings. The van der Waals surface area contributed by atoms with E-state index in [4.69, 9.17) is 23.7 Å². The molecular formula is C28H36N2O9S. The minimum absolute atomic E-state index is 0.00555. The fourth-order valence-corrected chi connectivity index (χ4v) is 5.98. The minimum Gasteiger partial charge on any atom is -0.497 e. The van der Waals surface area contributed by atoms with Crippen LogP contribution in [0.1, 0.15) is 17.9 Å². The molecule has 218 valence electrons. The lowest BCUT2D eigenvalue weighted by Crippen LogP contribution is -2.43. The van der Waals surface area contributed by atoms with Gasteiger partial charge in [0.1, 0.15) is 11.5 Å². The van der Waals surface area contributed by atoms with E-state index in [0.29, 0.717) is 38.5 Å². The summed E-state index contributed by atoms with van der Waals surface area (Å²) in [6.45, 7) is 1.39. The van der Waals surface area contributed by atoms with Crippen LogP contribution in [0.4, 0.5) is 0 Å². The van der Waals surface area contributed by atoms with Gasteiger partial charge in [0.2, 0.25) is 16.3 Å². The standard InChI is InChI=1S/C28H36N2O9S/c1-35-23-5-3-21(4-6-23)22-19-26(28(32)29-12-16-37-17-13-29)39-27(20-22)38-18-14-30(11-15-31)40(33,34)25-9-7-24(36-2)8-10-25/h3-10,19,22,27,31H,11-18,20H2,1-2H3/t22-,27+/m0/s1. The van der Waals surface area contributed by atoms with Crippen LogP contribution >= 0.6 is 0 Å². The van der Waals surface area contributed by atoms with Crippen molar-refractivity contribution in [2.45, 2.75) is 23.5 Å². The molecule has 2 aromatic carbocycles. The Morgan fingerprint density at radius 3 is 2.23 bits per heavy atom.